The number of imidazole rings is 1. The standard InChI is InChI=1S/C22H27N3O2/c1-15-9-7-12-21(16(15)2)27-14-8-13-25-20-11-6-5-10-19(20)24-22(25)17(3)23-18(4)26/h5-7,9-12,17H,8,13-14H2,1-4H3,(H,23,26). The SMILES string of the molecule is CC(=O)NC(C)c1nc2ccccc2n1CCCOc1cccc(C)c1C. The Kier molecular flexibility index (Phi) is 5.79. The molecule has 0 aliphatic carbocycles. The lowest BCUT2D eigenvalue weighted by atomic mass is 10.1. The summed E-state index contributed by atoms with van der Waals surface area (Å²) in [5.74, 6) is 1.76. The topological polar surface area (TPSA) is 56.2 Å². The summed E-state index contributed by atoms with van der Waals surface area (Å²) in [6, 6.07) is 14.1. The molecule has 3 aromatic rings. The Labute approximate surface area is 160 Å². The van der Waals surface area contributed by atoms with Crippen LogP contribution >= 0.6 is 0 Å². The molecule has 1 heterocycles. The second-order valence-corrected chi connectivity index (χ2v) is 6.93. The molecular formula is C22H27N3O2. The number of amides is 1. The van der Waals surface area contributed by atoms with Gasteiger partial charge in [-0.3, -0.25) is 4.79 Å². The summed E-state index contributed by atoms with van der Waals surface area (Å²) in [6.45, 7) is 9.08. The van der Waals surface area contributed by atoms with Crippen LogP contribution in [0.3, 0.4) is 0 Å². The maximum Gasteiger partial charge on any atom is 0.217 e. The van der Waals surface area contributed by atoms with Gasteiger partial charge in [-0.2, -0.15) is 0 Å². The van der Waals surface area contributed by atoms with Crippen LogP contribution in [0, 0.1) is 13.8 Å². The molecule has 0 radical (unpaired) electrons. The van der Waals surface area contributed by atoms with Crippen molar-refractivity contribution >= 4 is 16.9 Å². The third-order valence-electron chi connectivity index (χ3n) is 4.83. The first-order chi connectivity index (χ1) is 13.0. The number of carbonyl (C=O) groups excluding carboxylic acids is 1. The van der Waals surface area contributed by atoms with Gasteiger partial charge >= 0.3 is 0 Å². The average Bonchev–Trinajstić information content (AvgIpc) is 3.00. The fourth-order valence-electron chi connectivity index (χ4n) is 3.31. The van der Waals surface area contributed by atoms with E-state index in [0.717, 1.165) is 35.6 Å². The Morgan fingerprint density at radius 3 is 2.74 bits per heavy atom. The number of carbonyl (C=O) groups is 1. The molecule has 5 nitrogen and oxygen atoms in total. The van der Waals surface area contributed by atoms with Crippen LogP contribution in [0.1, 0.15) is 43.3 Å². The highest BCUT2D eigenvalue weighted by molar-refractivity contribution is 5.77. The molecule has 1 atom stereocenters. The molecule has 27 heavy (non-hydrogen) atoms. The van der Waals surface area contributed by atoms with Gasteiger partial charge in [0.2, 0.25) is 5.91 Å². The predicted molar refractivity (Wildman–Crippen MR) is 108 cm³/mol. The van der Waals surface area contributed by atoms with Crippen molar-refractivity contribution in [2.45, 2.75) is 46.7 Å². The van der Waals surface area contributed by atoms with Gasteiger partial charge in [0.05, 0.1) is 23.7 Å². The van der Waals surface area contributed by atoms with Gasteiger partial charge in [-0.05, 0) is 56.5 Å². The Hall–Kier alpha value is -2.82. The van der Waals surface area contributed by atoms with E-state index in [0.29, 0.717) is 6.61 Å². The van der Waals surface area contributed by atoms with Crippen molar-refractivity contribution in [3.8, 4) is 5.75 Å². The highest BCUT2D eigenvalue weighted by Gasteiger charge is 2.17. The fourth-order valence-corrected chi connectivity index (χ4v) is 3.31. The molecule has 142 valence electrons. The van der Waals surface area contributed by atoms with Crippen LogP contribution in [0.5, 0.6) is 5.75 Å². The summed E-state index contributed by atoms with van der Waals surface area (Å²) in [5.41, 5.74) is 4.45. The van der Waals surface area contributed by atoms with Gasteiger partial charge in [-0.25, -0.2) is 4.98 Å². The largest absolute Gasteiger partial charge is 0.493 e. The zero-order valence-corrected chi connectivity index (χ0v) is 16.5. The van der Waals surface area contributed by atoms with Crippen molar-refractivity contribution in [3.63, 3.8) is 0 Å². The monoisotopic (exact) mass is 365 g/mol. The molecule has 0 saturated carbocycles. The van der Waals surface area contributed by atoms with E-state index in [1.54, 1.807) is 0 Å². The second-order valence-electron chi connectivity index (χ2n) is 6.93. The van der Waals surface area contributed by atoms with Crippen LogP contribution in [-0.2, 0) is 11.3 Å². The van der Waals surface area contributed by atoms with E-state index >= 15 is 0 Å². The minimum Gasteiger partial charge on any atom is -0.493 e. The quantitative estimate of drug-likeness (QED) is 0.635. The van der Waals surface area contributed by atoms with Crippen LogP contribution < -0.4 is 10.1 Å². The highest BCUT2D eigenvalue weighted by atomic mass is 16.5. The number of para-hydroxylation sites is 2. The van der Waals surface area contributed by atoms with Gasteiger partial charge in [0.15, 0.2) is 0 Å². The molecule has 0 saturated heterocycles. The van der Waals surface area contributed by atoms with E-state index in [1.165, 1.54) is 18.1 Å². The lowest BCUT2D eigenvalue weighted by Gasteiger charge is -2.16. The Bertz CT molecular complexity index is 946. The minimum absolute atomic E-state index is 0.0561. The van der Waals surface area contributed by atoms with Gasteiger partial charge in [0.25, 0.3) is 0 Å². The van der Waals surface area contributed by atoms with Gasteiger partial charge in [0, 0.05) is 13.5 Å². The van der Waals surface area contributed by atoms with Gasteiger partial charge in [0.1, 0.15) is 11.6 Å². The van der Waals surface area contributed by atoms with E-state index in [2.05, 4.69) is 35.9 Å². The van der Waals surface area contributed by atoms with Crippen molar-refractivity contribution in [1.29, 1.82) is 0 Å². The zero-order valence-electron chi connectivity index (χ0n) is 16.5. The fraction of sp³-hybridized carbons (Fsp3) is 0.364. The molecule has 1 N–H and O–H groups in total. The van der Waals surface area contributed by atoms with E-state index in [1.807, 2.05) is 37.3 Å². The number of aryl methyl sites for hydroxylation is 2. The first-order valence-corrected chi connectivity index (χ1v) is 9.38. The van der Waals surface area contributed by atoms with Crippen LogP contribution in [0.4, 0.5) is 0 Å². The van der Waals surface area contributed by atoms with Gasteiger partial charge < -0.3 is 14.6 Å². The smallest absolute Gasteiger partial charge is 0.217 e. The number of hydrogen-bond acceptors (Lipinski definition) is 3. The Morgan fingerprint density at radius 2 is 1.96 bits per heavy atom. The molecule has 5 heteroatoms. The summed E-state index contributed by atoms with van der Waals surface area (Å²) >= 11 is 0. The van der Waals surface area contributed by atoms with Crippen LogP contribution in [0.25, 0.3) is 11.0 Å². The number of aromatic nitrogens is 2. The van der Waals surface area contributed by atoms with Crippen molar-refractivity contribution in [2.75, 3.05) is 6.61 Å². The molecule has 1 unspecified atom stereocenters. The maximum atomic E-state index is 11.5. The van der Waals surface area contributed by atoms with Crippen molar-refractivity contribution in [2.24, 2.45) is 0 Å². The van der Waals surface area contributed by atoms with E-state index < -0.39 is 0 Å². The first-order valence-electron chi connectivity index (χ1n) is 9.38. The number of nitrogens with one attached hydrogen (secondary N) is 1. The van der Waals surface area contributed by atoms with E-state index in [4.69, 9.17) is 9.72 Å². The molecule has 0 fully saturated rings. The number of nitrogens with zero attached hydrogens (tertiary/aromatic N) is 2. The third-order valence-corrected chi connectivity index (χ3v) is 4.83. The van der Waals surface area contributed by atoms with Gasteiger partial charge in [-0.1, -0.05) is 24.3 Å². The number of rotatable bonds is 7. The normalized spacial score (nSPS) is 12.1. The van der Waals surface area contributed by atoms with Gasteiger partial charge in [-0.15, -0.1) is 0 Å². The summed E-state index contributed by atoms with van der Waals surface area (Å²) in [7, 11) is 0. The zero-order chi connectivity index (χ0) is 19.4. The van der Waals surface area contributed by atoms with Crippen LogP contribution in [0.15, 0.2) is 42.5 Å². The Morgan fingerprint density at radius 1 is 1.19 bits per heavy atom. The van der Waals surface area contributed by atoms with E-state index in [9.17, 15) is 4.79 Å². The number of benzene rings is 2. The average molecular weight is 365 g/mol. The molecular weight excluding hydrogens is 338 g/mol. The maximum absolute atomic E-state index is 11.5. The molecule has 3 rings (SSSR count). The molecule has 1 amide bonds. The number of fused-ring (bicyclic) bond motifs is 1. The molecule has 0 aliphatic heterocycles. The molecule has 1 aromatic heterocycles. The highest BCUT2D eigenvalue weighted by Crippen LogP contribution is 2.23. The van der Waals surface area contributed by atoms with Crippen molar-refractivity contribution in [3.05, 3.63) is 59.4 Å². The predicted octanol–water partition coefficient (Wildman–Crippen LogP) is 4.32. The summed E-state index contributed by atoms with van der Waals surface area (Å²) in [4.78, 5) is 16.2. The summed E-state index contributed by atoms with van der Waals surface area (Å²) < 4.78 is 8.17. The van der Waals surface area contributed by atoms with Crippen LogP contribution in [0.2, 0.25) is 0 Å². The lowest BCUT2D eigenvalue weighted by Crippen LogP contribution is -2.26. The van der Waals surface area contributed by atoms with Crippen molar-refractivity contribution in [1.82, 2.24) is 14.9 Å². The summed E-state index contributed by atoms with van der Waals surface area (Å²) in [6.07, 6.45) is 0.855. The second kappa shape index (κ2) is 8.25. The molecule has 0 spiro atoms. The number of ether oxygens (including phenoxy) is 1. The van der Waals surface area contributed by atoms with Crippen molar-refractivity contribution < 1.29 is 9.53 Å². The first kappa shape index (κ1) is 19.0. The third kappa shape index (κ3) is 4.30. The minimum atomic E-state index is -0.144. The van der Waals surface area contributed by atoms with E-state index in [-0.39, 0.29) is 11.9 Å². The number of hydrogen-bond donors (Lipinski definition) is 1. The Balaban J connectivity index is 1.73. The molecule has 0 aliphatic rings. The van der Waals surface area contributed by atoms with Crippen LogP contribution in [-0.4, -0.2) is 22.1 Å². The molecule has 0 bridgehead atoms. The summed E-state index contributed by atoms with van der Waals surface area (Å²) in [5, 5.41) is 2.94. The lowest BCUT2D eigenvalue weighted by molar-refractivity contribution is -0.119. The molecule has 2 aromatic carbocycles.